The van der Waals surface area contributed by atoms with E-state index in [9.17, 15) is 0 Å². The number of ether oxygens (including phenoxy) is 2. The van der Waals surface area contributed by atoms with E-state index in [1.54, 1.807) is 0 Å². The van der Waals surface area contributed by atoms with E-state index in [1.165, 1.54) is 0 Å². The monoisotopic (exact) mass is 182 g/mol. The zero-order valence-corrected chi connectivity index (χ0v) is 7.69. The van der Waals surface area contributed by atoms with Crippen LogP contribution in [0.5, 0.6) is 5.75 Å². The Morgan fingerprint density at radius 1 is 1.31 bits per heavy atom. The van der Waals surface area contributed by atoms with Gasteiger partial charge in [-0.05, 0) is 13.0 Å². The Labute approximate surface area is 77.9 Å². The molecule has 0 aromatic heterocycles. The van der Waals surface area contributed by atoms with Crippen LogP contribution in [0.3, 0.4) is 0 Å². The molecule has 0 saturated heterocycles. The van der Waals surface area contributed by atoms with Crippen LogP contribution in [0.15, 0.2) is 24.3 Å². The van der Waals surface area contributed by atoms with E-state index in [1.807, 2.05) is 31.2 Å². The summed E-state index contributed by atoms with van der Waals surface area (Å²) in [5.74, 6) is 0.679. The fraction of sp³-hybridized carbons (Fsp3) is 0.400. The largest absolute Gasteiger partial charge is 0.467 e. The zero-order valence-electron chi connectivity index (χ0n) is 7.69. The molecule has 3 nitrogen and oxygen atoms in total. The summed E-state index contributed by atoms with van der Waals surface area (Å²) < 4.78 is 10.3. The van der Waals surface area contributed by atoms with Crippen LogP contribution in [0, 0.1) is 0 Å². The third-order valence-corrected chi connectivity index (χ3v) is 1.64. The second-order valence-corrected chi connectivity index (χ2v) is 2.52. The minimum absolute atomic E-state index is 0.0116. The van der Waals surface area contributed by atoms with E-state index in [2.05, 4.69) is 0 Å². The van der Waals surface area contributed by atoms with Gasteiger partial charge in [0.2, 0.25) is 0 Å². The molecule has 3 heteroatoms. The van der Waals surface area contributed by atoms with Crippen molar-refractivity contribution in [2.45, 2.75) is 13.5 Å². The second kappa shape index (κ2) is 5.56. The average molecular weight is 182 g/mol. The van der Waals surface area contributed by atoms with Gasteiger partial charge in [0.05, 0.1) is 6.61 Å². The van der Waals surface area contributed by atoms with Gasteiger partial charge in [-0.2, -0.15) is 0 Å². The van der Waals surface area contributed by atoms with E-state index in [4.69, 9.17) is 14.6 Å². The molecule has 0 aliphatic heterocycles. The molecule has 0 unspecified atom stereocenters. The first-order valence-electron chi connectivity index (χ1n) is 4.27. The number of hydrogen-bond acceptors (Lipinski definition) is 3. The van der Waals surface area contributed by atoms with Crippen molar-refractivity contribution in [3.8, 4) is 5.75 Å². The Morgan fingerprint density at radius 2 is 2.08 bits per heavy atom. The van der Waals surface area contributed by atoms with Gasteiger partial charge < -0.3 is 14.6 Å². The molecule has 72 valence electrons. The fourth-order valence-electron chi connectivity index (χ4n) is 0.964. The van der Waals surface area contributed by atoms with Gasteiger partial charge in [-0.25, -0.2) is 0 Å². The van der Waals surface area contributed by atoms with E-state index >= 15 is 0 Å². The fourth-order valence-corrected chi connectivity index (χ4v) is 0.964. The van der Waals surface area contributed by atoms with E-state index in [0.29, 0.717) is 12.4 Å². The summed E-state index contributed by atoms with van der Waals surface area (Å²) in [5, 5.41) is 8.95. The smallest absolute Gasteiger partial charge is 0.189 e. The number of hydrogen-bond donors (Lipinski definition) is 1. The van der Waals surface area contributed by atoms with E-state index in [-0.39, 0.29) is 13.4 Å². The van der Waals surface area contributed by atoms with Gasteiger partial charge >= 0.3 is 0 Å². The predicted molar refractivity (Wildman–Crippen MR) is 49.5 cm³/mol. The summed E-state index contributed by atoms with van der Waals surface area (Å²) in [6.07, 6.45) is 0. The molecule has 13 heavy (non-hydrogen) atoms. The molecule has 1 aromatic rings. The van der Waals surface area contributed by atoms with Crippen molar-refractivity contribution in [1.29, 1.82) is 0 Å². The van der Waals surface area contributed by atoms with Crippen LogP contribution in [0.2, 0.25) is 0 Å². The quantitative estimate of drug-likeness (QED) is 0.554. The molecule has 0 radical (unpaired) electrons. The second-order valence-electron chi connectivity index (χ2n) is 2.52. The third kappa shape index (κ3) is 3.05. The normalized spacial score (nSPS) is 10.0. The third-order valence-electron chi connectivity index (χ3n) is 1.64. The van der Waals surface area contributed by atoms with Crippen LogP contribution in [-0.4, -0.2) is 18.5 Å². The summed E-state index contributed by atoms with van der Waals surface area (Å²) in [6.45, 7) is 2.75. The van der Waals surface area contributed by atoms with Gasteiger partial charge in [0, 0.05) is 12.2 Å². The molecule has 0 amide bonds. The Morgan fingerprint density at radius 3 is 2.77 bits per heavy atom. The SMILES string of the molecule is CCOCOc1ccccc1CO. The van der Waals surface area contributed by atoms with Crippen molar-refractivity contribution in [1.82, 2.24) is 0 Å². The van der Waals surface area contributed by atoms with Crippen LogP contribution in [0.4, 0.5) is 0 Å². The first-order chi connectivity index (χ1) is 6.38. The van der Waals surface area contributed by atoms with Gasteiger partial charge in [0.1, 0.15) is 5.75 Å². The van der Waals surface area contributed by atoms with Gasteiger partial charge in [-0.1, -0.05) is 18.2 Å². The van der Waals surface area contributed by atoms with Crippen molar-refractivity contribution in [3.05, 3.63) is 29.8 Å². The molecule has 0 saturated carbocycles. The molecule has 1 N–H and O–H groups in total. The molecular weight excluding hydrogens is 168 g/mol. The Balaban J connectivity index is 2.54. The molecule has 0 bridgehead atoms. The molecule has 0 aliphatic carbocycles. The number of rotatable bonds is 5. The van der Waals surface area contributed by atoms with Crippen LogP contribution in [0.25, 0.3) is 0 Å². The number of aliphatic hydroxyl groups excluding tert-OH is 1. The molecule has 0 atom stereocenters. The average Bonchev–Trinajstić information content (AvgIpc) is 2.19. The minimum atomic E-state index is -0.0116. The first kappa shape index (κ1) is 10.0. The van der Waals surface area contributed by atoms with Crippen molar-refractivity contribution in [3.63, 3.8) is 0 Å². The number of para-hydroxylation sites is 1. The Bertz CT molecular complexity index is 248. The number of benzene rings is 1. The van der Waals surface area contributed by atoms with Crippen molar-refractivity contribution < 1.29 is 14.6 Å². The lowest BCUT2D eigenvalue weighted by Gasteiger charge is -2.08. The Hall–Kier alpha value is -1.06. The van der Waals surface area contributed by atoms with E-state index in [0.717, 1.165) is 5.56 Å². The van der Waals surface area contributed by atoms with Crippen molar-refractivity contribution in [2.75, 3.05) is 13.4 Å². The molecule has 0 spiro atoms. The summed E-state index contributed by atoms with van der Waals surface area (Å²) in [4.78, 5) is 0. The van der Waals surface area contributed by atoms with E-state index < -0.39 is 0 Å². The number of aliphatic hydroxyl groups is 1. The van der Waals surface area contributed by atoms with Crippen LogP contribution in [0.1, 0.15) is 12.5 Å². The summed E-state index contributed by atoms with van der Waals surface area (Å²) in [6, 6.07) is 7.35. The molecule has 0 fully saturated rings. The summed E-state index contributed by atoms with van der Waals surface area (Å²) >= 11 is 0. The lowest BCUT2D eigenvalue weighted by Crippen LogP contribution is -2.03. The van der Waals surface area contributed by atoms with Gasteiger partial charge in [0.15, 0.2) is 6.79 Å². The van der Waals surface area contributed by atoms with Crippen molar-refractivity contribution in [2.24, 2.45) is 0 Å². The maximum Gasteiger partial charge on any atom is 0.189 e. The highest BCUT2D eigenvalue weighted by molar-refractivity contribution is 5.32. The van der Waals surface area contributed by atoms with Gasteiger partial charge in [-0.15, -0.1) is 0 Å². The molecular formula is C10H14O3. The zero-order chi connectivity index (χ0) is 9.52. The van der Waals surface area contributed by atoms with Crippen molar-refractivity contribution >= 4 is 0 Å². The molecule has 1 rings (SSSR count). The Kier molecular flexibility index (Phi) is 4.29. The lowest BCUT2D eigenvalue weighted by atomic mass is 10.2. The maximum atomic E-state index is 8.95. The summed E-state index contributed by atoms with van der Waals surface area (Å²) in [5.41, 5.74) is 0.780. The maximum absolute atomic E-state index is 8.95. The van der Waals surface area contributed by atoms with Crippen LogP contribution >= 0.6 is 0 Å². The highest BCUT2D eigenvalue weighted by atomic mass is 16.7. The standard InChI is InChI=1S/C10H14O3/c1-2-12-8-13-10-6-4-3-5-9(10)7-11/h3-6,11H,2,7-8H2,1H3. The first-order valence-corrected chi connectivity index (χ1v) is 4.27. The minimum Gasteiger partial charge on any atom is -0.467 e. The molecule has 0 heterocycles. The van der Waals surface area contributed by atoms with Gasteiger partial charge in [0.25, 0.3) is 0 Å². The van der Waals surface area contributed by atoms with Crippen LogP contribution in [-0.2, 0) is 11.3 Å². The van der Waals surface area contributed by atoms with Crippen LogP contribution < -0.4 is 4.74 Å². The highest BCUT2D eigenvalue weighted by Gasteiger charge is 1.99. The molecule has 1 aromatic carbocycles. The topological polar surface area (TPSA) is 38.7 Å². The predicted octanol–water partition coefficient (Wildman–Crippen LogP) is 1.55. The summed E-state index contributed by atoms with van der Waals surface area (Å²) in [7, 11) is 0. The lowest BCUT2D eigenvalue weighted by molar-refractivity contribution is 0.0212. The highest BCUT2D eigenvalue weighted by Crippen LogP contribution is 2.17. The molecule has 0 aliphatic rings. The van der Waals surface area contributed by atoms with Gasteiger partial charge in [-0.3, -0.25) is 0 Å².